The molecule has 112 valence electrons. The van der Waals surface area contributed by atoms with Crippen molar-refractivity contribution >= 4 is 50.3 Å². The molecular formula is C14H12ClN5OS. The molecule has 0 saturated carbocycles. The molecule has 3 rings (SSSR count). The van der Waals surface area contributed by atoms with Gasteiger partial charge in [-0.25, -0.2) is 9.97 Å². The van der Waals surface area contributed by atoms with Gasteiger partial charge in [0.2, 0.25) is 5.95 Å². The average Bonchev–Trinajstić information content (AvgIpc) is 2.88. The number of hydrogen-bond acceptors (Lipinski definition) is 6. The second-order valence-electron chi connectivity index (χ2n) is 4.73. The van der Waals surface area contributed by atoms with Gasteiger partial charge in [0.15, 0.2) is 9.96 Å². The lowest BCUT2D eigenvalue weighted by Crippen LogP contribution is -2.12. The highest BCUT2D eigenvalue weighted by Gasteiger charge is 2.12. The van der Waals surface area contributed by atoms with Gasteiger partial charge in [0.05, 0.1) is 6.20 Å². The van der Waals surface area contributed by atoms with Crippen molar-refractivity contribution in [3.8, 4) is 0 Å². The third kappa shape index (κ3) is 3.00. The summed E-state index contributed by atoms with van der Waals surface area (Å²) in [6, 6.07) is 6.66. The van der Waals surface area contributed by atoms with Gasteiger partial charge in [-0.15, -0.1) is 0 Å². The summed E-state index contributed by atoms with van der Waals surface area (Å²) in [6.07, 6.45) is 1.64. The van der Waals surface area contributed by atoms with Gasteiger partial charge in [-0.1, -0.05) is 22.9 Å². The van der Waals surface area contributed by atoms with Gasteiger partial charge >= 0.3 is 0 Å². The van der Waals surface area contributed by atoms with Crippen LogP contribution in [0.1, 0.15) is 10.4 Å². The van der Waals surface area contributed by atoms with Crippen molar-refractivity contribution in [1.82, 2.24) is 15.0 Å². The van der Waals surface area contributed by atoms with Gasteiger partial charge in [0.1, 0.15) is 5.52 Å². The van der Waals surface area contributed by atoms with E-state index in [2.05, 4.69) is 20.3 Å². The van der Waals surface area contributed by atoms with Crippen LogP contribution in [0.3, 0.4) is 0 Å². The lowest BCUT2D eigenvalue weighted by Gasteiger charge is -2.07. The quantitative estimate of drug-likeness (QED) is 0.797. The lowest BCUT2D eigenvalue weighted by molar-refractivity contribution is 0.102. The summed E-state index contributed by atoms with van der Waals surface area (Å²) in [5.74, 6) is 0.364. The van der Waals surface area contributed by atoms with Crippen LogP contribution in [0.4, 0.5) is 11.1 Å². The number of benzene rings is 1. The number of hydrogen-bond donors (Lipinski definition) is 1. The minimum absolute atomic E-state index is 0.239. The molecule has 1 N–H and O–H groups in total. The molecule has 0 aliphatic carbocycles. The Morgan fingerprint density at radius 2 is 1.95 bits per heavy atom. The minimum Gasteiger partial charge on any atom is -0.347 e. The summed E-state index contributed by atoms with van der Waals surface area (Å²) in [5.41, 5.74) is 1.17. The number of nitrogens with one attached hydrogen (secondary N) is 1. The van der Waals surface area contributed by atoms with E-state index < -0.39 is 0 Å². The Morgan fingerprint density at radius 1 is 1.23 bits per heavy atom. The second kappa shape index (κ2) is 5.86. The molecule has 0 spiro atoms. The number of carbonyl (C=O) groups is 1. The maximum absolute atomic E-state index is 12.1. The van der Waals surface area contributed by atoms with E-state index in [4.69, 9.17) is 11.6 Å². The van der Waals surface area contributed by atoms with Crippen LogP contribution in [0.15, 0.2) is 30.5 Å². The highest BCUT2D eigenvalue weighted by molar-refractivity contribution is 7.22. The molecule has 0 atom stereocenters. The Hall–Kier alpha value is -2.25. The predicted molar refractivity (Wildman–Crippen MR) is 88.9 cm³/mol. The first-order valence-electron chi connectivity index (χ1n) is 6.41. The van der Waals surface area contributed by atoms with Gasteiger partial charge in [0.25, 0.3) is 5.91 Å². The molecule has 6 nitrogen and oxygen atoms in total. The van der Waals surface area contributed by atoms with Gasteiger partial charge in [-0.05, 0) is 24.3 Å². The zero-order valence-corrected chi connectivity index (χ0v) is 13.4. The van der Waals surface area contributed by atoms with Gasteiger partial charge in [0, 0.05) is 24.7 Å². The Kier molecular flexibility index (Phi) is 3.91. The minimum atomic E-state index is -0.239. The highest BCUT2D eigenvalue weighted by atomic mass is 35.5. The van der Waals surface area contributed by atoms with Crippen molar-refractivity contribution in [3.63, 3.8) is 0 Å². The van der Waals surface area contributed by atoms with E-state index in [0.717, 1.165) is 4.83 Å². The number of amides is 1. The first-order chi connectivity index (χ1) is 10.5. The monoisotopic (exact) mass is 333 g/mol. The summed E-state index contributed by atoms with van der Waals surface area (Å²) >= 11 is 7.12. The zero-order chi connectivity index (χ0) is 15.7. The molecular weight excluding hydrogens is 322 g/mol. The first kappa shape index (κ1) is 14.7. The molecule has 0 radical (unpaired) electrons. The highest BCUT2D eigenvalue weighted by Crippen LogP contribution is 2.25. The van der Waals surface area contributed by atoms with Gasteiger partial charge in [-0.2, -0.15) is 4.98 Å². The fraction of sp³-hybridized carbons (Fsp3) is 0.143. The standard InChI is InChI=1S/C14H12ClN5OS/c1-20(2)13-16-7-10-12(19-13)22-14(17-10)18-11(21)8-3-5-9(15)6-4-8/h3-7H,1-2H3,(H,17,18,21). The van der Waals surface area contributed by atoms with Crippen LogP contribution in [0, 0.1) is 0 Å². The summed E-state index contributed by atoms with van der Waals surface area (Å²) in [7, 11) is 3.73. The molecule has 0 fully saturated rings. The SMILES string of the molecule is CN(C)c1ncc2nc(NC(=O)c3ccc(Cl)cc3)sc2n1. The largest absolute Gasteiger partial charge is 0.347 e. The molecule has 22 heavy (non-hydrogen) atoms. The molecule has 3 aromatic rings. The second-order valence-corrected chi connectivity index (χ2v) is 6.15. The van der Waals surface area contributed by atoms with Crippen LogP contribution >= 0.6 is 22.9 Å². The van der Waals surface area contributed by atoms with Crippen LogP contribution in [-0.4, -0.2) is 35.0 Å². The lowest BCUT2D eigenvalue weighted by atomic mass is 10.2. The van der Waals surface area contributed by atoms with Crippen molar-refractivity contribution in [2.24, 2.45) is 0 Å². The van der Waals surface area contributed by atoms with E-state index in [9.17, 15) is 4.79 Å². The zero-order valence-electron chi connectivity index (χ0n) is 11.9. The van der Waals surface area contributed by atoms with E-state index in [1.165, 1.54) is 11.3 Å². The fourth-order valence-corrected chi connectivity index (χ4v) is 2.69. The van der Waals surface area contributed by atoms with Crippen LogP contribution in [0.5, 0.6) is 0 Å². The fourth-order valence-electron chi connectivity index (χ4n) is 1.77. The molecule has 1 aromatic carbocycles. The molecule has 2 aromatic heterocycles. The van der Waals surface area contributed by atoms with Crippen LogP contribution in [0.25, 0.3) is 10.3 Å². The Balaban J connectivity index is 1.84. The molecule has 0 bridgehead atoms. The van der Waals surface area contributed by atoms with E-state index in [-0.39, 0.29) is 5.91 Å². The maximum atomic E-state index is 12.1. The number of fused-ring (bicyclic) bond motifs is 1. The molecule has 0 saturated heterocycles. The Bertz CT molecular complexity index is 831. The molecule has 1 amide bonds. The van der Waals surface area contributed by atoms with E-state index >= 15 is 0 Å². The van der Waals surface area contributed by atoms with Crippen molar-refractivity contribution in [2.45, 2.75) is 0 Å². The third-order valence-corrected chi connectivity index (χ3v) is 4.00. The summed E-state index contributed by atoms with van der Waals surface area (Å²) in [4.78, 5) is 27.6. The van der Waals surface area contributed by atoms with Gasteiger partial charge in [-0.3, -0.25) is 10.1 Å². The van der Waals surface area contributed by atoms with Crippen LogP contribution < -0.4 is 10.2 Å². The molecule has 0 unspecified atom stereocenters. The predicted octanol–water partition coefficient (Wildman–Crippen LogP) is 3.06. The van der Waals surface area contributed by atoms with Crippen molar-refractivity contribution in [1.29, 1.82) is 0 Å². The Labute approximate surface area is 135 Å². The van der Waals surface area contributed by atoms with Crippen molar-refractivity contribution < 1.29 is 4.79 Å². The Morgan fingerprint density at radius 3 is 2.64 bits per heavy atom. The number of aromatic nitrogens is 3. The van der Waals surface area contributed by atoms with E-state index in [0.29, 0.717) is 27.2 Å². The topological polar surface area (TPSA) is 71.0 Å². The van der Waals surface area contributed by atoms with Crippen LogP contribution in [-0.2, 0) is 0 Å². The third-order valence-electron chi connectivity index (χ3n) is 2.87. The van der Waals surface area contributed by atoms with Gasteiger partial charge < -0.3 is 4.90 Å². The number of halogens is 1. The van der Waals surface area contributed by atoms with E-state index in [1.54, 1.807) is 30.5 Å². The number of carbonyl (C=O) groups excluding carboxylic acids is 1. The maximum Gasteiger partial charge on any atom is 0.257 e. The van der Waals surface area contributed by atoms with E-state index in [1.807, 2.05) is 19.0 Å². The molecule has 0 aliphatic heterocycles. The molecule has 0 aliphatic rings. The van der Waals surface area contributed by atoms with Crippen molar-refractivity contribution in [2.75, 3.05) is 24.3 Å². The normalized spacial score (nSPS) is 10.7. The number of nitrogens with zero attached hydrogens (tertiary/aromatic N) is 4. The summed E-state index contributed by atoms with van der Waals surface area (Å²) in [6.45, 7) is 0. The molecule has 8 heteroatoms. The molecule has 2 heterocycles. The van der Waals surface area contributed by atoms with Crippen LogP contribution in [0.2, 0.25) is 5.02 Å². The number of rotatable bonds is 3. The van der Waals surface area contributed by atoms with Crippen molar-refractivity contribution in [3.05, 3.63) is 41.0 Å². The average molecular weight is 334 g/mol. The first-order valence-corrected chi connectivity index (χ1v) is 7.60. The number of anilines is 2. The number of thiazole rings is 1. The summed E-state index contributed by atoms with van der Waals surface area (Å²) < 4.78 is 0. The summed E-state index contributed by atoms with van der Waals surface area (Å²) in [5, 5.41) is 3.83. The smallest absolute Gasteiger partial charge is 0.257 e.